The lowest BCUT2D eigenvalue weighted by atomic mass is 10.0. The molecule has 21 heavy (non-hydrogen) atoms. The molecule has 4 nitrogen and oxygen atoms in total. The van der Waals surface area contributed by atoms with Crippen LogP contribution >= 0.6 is 11.6 Å². The van der Waals surface area contributed by atoms with Crippen molar-refractivity contribution in [3.63, 3.8) is 0 Å². The van der Waals surface area contributed by atoms with Gasteiger partial charge in [-0.1, -0.05) is 24.9 Å². The number of carbonyl (C=O) groups is 1. The minimum atomic E-state index is -0.0166. The first-order valence-electron chi connectivity index (χ1n) is 7.65. The highest BCUT2D eigenvalue weighted by atomic mass is 35.5. The fraction of sp³-hybridized carbons (Fsp3) is 0.562. The smallest absolute Gasteiger partial charge is 0.227 e. The number of rotatable bonds is 5. The SMILES string of the molecule is CCCC(CN)C(=O)N1CCN(c2ccc(Cl)cc2)CC1. The predicted molar refractivity (Wildman–Crippen MR) is 87.7 cm³/mol. The van der Waals surface area contributed by atoms with Crippen molar-refractivity contribution in [2.45, 2.75) is 19.8 Å². The molecule has 0 bridgehead atoms. The zero-order valence-corrected chi connectivity index (χ0v) is 13.4. The summed E-state index contributed by atoms with van der Waals surface area (Å²) in [5.74, 6) is 0.201. The molecule has 1 atom stereocenters. The Kier molecular flexibility index (Phi) is 5.88. The van der Waals surface area contributed by atoms with Crippen LogP contribution in [-0.4, -0.2) is 43.5 Å². The van der Waals surface area contributed by atoms with Crippen LogP contribution in [0.4, 0.5) is 5.69 Å². The highest BCUT2D eigenvalue weighted by Gasteiger charge is 2.26. The van der Waals surface area contributed by atoms with Crippen molar-refractivity contribution in [1.82, 2.24) is 4.90 Å². The van der Waals surface area contributed by atoms with Crippen LogP contribution in [0.5, 0.6) is 0 Å². The minimum absolute atomic E-state index is 0.0166. The first-order chi connectivity index (χ1) is 10.2. The Morgan fingerprint density at radius 3 is 2.38 bits per heavy atom. The molecule has 1 unspecified atom stereocenters. The number of piperazine rings is 1. The lowest BCUT2D eigenvalue weighted by Crippen LogP contribution is -2.51. The van der Waals surface area contributed by atoms with Crippen molar-refractivity contribution in [3.8, 4) is 0 Å². The van der Waals surface area contributed by atoms with Crippen molar-refractivity contribution in [2.75, 3.05) is 37.6 Å². The van der Waals surface area contributed by atoms with Gasteiger partial charge < -0.3 is 15.5 Å². The van der Waals surface area contributed by atoms with E-state index in [1.54, 1.807) is 0 Å². The molecule has 1 aliphatic heterocycles. The quantitative estimate of drug-likeness (QED) is 0.908. The molecule has 1 aliphatic rings. The average molecular weight is 310 g/mol. The second kappa shape index (κ2) is 7.66. The minimum Gasteiger partial charge on any atom is -0.368 e. The fourth-order valence-corrected chi connectivity index (χ4v) is 2.91. The second-order valence-electron chi connectivity index (χ2n) is 5.51. The Hall–Kier alpha value is -1.26. The molecule has 0 spiro atoms. The molecule has 5 heteroatoms. The van der Waals surface area contributed by atoms with Gasteiger partial charge in [-0.2, -0.15) is 0 Å². The Morgan fingerprint density at radius 1 is 1.24 bits per heavy atom. The summed E-state index contributed by atoms with van der Waals surface area (Å²) in [5.41, 5.74) is 6.89. The fourth-order valence-electron chi connectivity index (χ4n) is 2.79. The van der Waals surface area contributed by atoms with E-state index in [0.29, 0.717) is 6.54 Å². The molecule has 1 amide bonds. The number of nitrogens with two attached hydrogens (primary N) is 1. The molecule has 0 aliphatic carbocycles. The van der Waals surface area contributed by atoms with Crippen LogP contribution in [0, 0.1) is 5.92 Å². The van der Waals surface area contributed by atoms with E-state index in [4.69, 9.17) is 17.3 Å². The number of hydrogen-bond acceptors (Lipinski definition) is 3. The predicted octanol–water partition coefficient (Wildman–Crippen LogP) is 2.36. The van der Waals surface area contributed by atoms with Gasteiger partial charge in [-0.3, -0.25) is 4.79 Å². The monoisotopic (exact) mass is 309 g/mol. The van der Waals surface area contributed by atoms with Gasteiger partial charge in [0.15, 0.2) is 0 Å². The van der Waals surface area contributed by atoms with E-state index >= 15 is 0 Å². The van der Waals surface area contributed by atoms with Crippen molar-refractivity contribution in [1.29, 1.82) is 0 Å². The third-order valence-electron chi connectivity index (χ3n) is 4.05. The Labute approximate surface area is 131 Å². The molecule has 2 N–H and O–H groups in total. The number of amides is 1. The average Bonchev–Trinajstić information content (AvgIpc) is 2.53. The van der Waals surface area contributed by atoms with E-state index in [1.165, 1.54) is 0 Å². The molecule has 1 aromatic rings. The largest absolute Gasteiger partial charge is 0.368 e. The van der Waals surface area contributed by atoms with Crippen LogP contribution in [0.25, 0.3) is 0 Å². The summed E-state index contributed by atoms with van der Waals surface area (Å²) in [6.07, 6.45) is 1.88. The normalized spacial score (nSPS) is 16.9. The van der Waals surface area contributed by atoms with E-state index in [0.717, 1.165) is 49.7 Å². The number of nitrogens with zero attached hydrogens (tertiary/aromatic N) is 2. The standard InChI is InChI=1S/C16H24ClN3O/c1-2-3-13(12-18)16(21)20-10-8-19(9-11-20)15-6-4-14(17)5-7-15/h4-7,13H,2-3,8-12,18H2,1H3. The van der Waals surface area contributed by atoms with Crippen molar-refractivity contribution in [2.24, 2.45) is 11.7 Å². The van der Waals surface area contributed by atoms with E-state index in [-0.39, 0.29) is 11.8 Å². The van der Waals surface area contributed by atoms with Crippen LogP contribution in [-0.2, 0) is 4.79 Å². The van der Waals surface area contributed by atoms with Crippen LogP contribution in [0.2, 0.25) is 5.02 Å². The van der Waals surface area contributed by atoms with Crippen molar-refractivity contribution < 1.29 is 4.79 Å². The van der Waals surface area contributed by atoms with Gasteiger partial charge in [0.1, 0.15) is 0 Å². The van der Waals surface area contributed by atoms with E-state index < -0.39 is 0 Å². The number of hydrogen-bond donors (Lipinski definition) is 1. The summed E-state index contributed by atoms with van der Waals surface area (Å²) in [7, 11) is 0. The van der Waals surface area contributed by atoms with Crippen LogP contribution in [0.1, 0.15) is 19.8 Å². The second-order valence-corrected chi connectivity index (χ2v) is 5.95. The summed E-state index contributed by atoms with van der Waals surface area (Å²) in [6.45, 7) is 5.79. The van der Waals surface area contributed by atoms with Gasteiger partial charge in [0.25, 0.3) is 0 Å². The summed E-state index contributed by atoms with van der Waals surface area (Å²) < 4.78 is 0. The zero-order chi connectivity index (χ0) is 15.2. The van der Waals surface area contributed by atoms with E-state index in [2.05, 4.69) is 11.8 Å². The Balaban J connectivity index is 1.90. The molecule has 1 saturated heterocycles. The highest BCUT2D eigenvalue weighted by Crippen LogP contribution is 2.20. The first-order valence-corrected chi connectivity index (χ1v) is 8.03. The third-order valence-corrected chi connectivity index (χ3v) is 4.31. The molecule has 0 saturated carbocycles. The van der Waals surface area contributed by atoms with E-state index in [9.17, 15) is 4.79 Å². The van der Waals surface area contributed by atoms with Gasteiger partial charge in [0.05, 0.1) is 5.92 Å². The van der Waals surface area contributed by atoms with Crippen LogP contribution in [0.3, 0.4) is 0 Å². The van der Waals surface area contributed by atoms with Gasteiger partial charge in [-0.25, -0.2) is 0 Å². The molecule has 0 radical (unpaired) electrons. The molecule has 2 rings (SSSR count). The zero-order valence-electron chi connectivity index (χ0n) is 12.6. The van der Waals surface area contributed by atoms with Gasteiger partial charge in [-0.15, -0.1) is 0 Å². The van der Waals surface area contributed by atoms with Gasteiger partial charge in [-0.05, 0) is 30.7 Å². The lowest BCUT2D eigenvalue weighted by molar-refractivity contribution is -0.135. The summed E-state index contributed by atoms with van der Waals surface area (Å²) in [4.78, 5) is 16.7. The summed E-state index contributed by atoms with van der Waals surface area (Å²) in [6, 6.07) is 7.86. The Bertz CT molecular complexity index is 455. The molecule has 1 fully saturated rings. The van der Waals surface area contributed by atoms with Gasteiger partial charge >= 0.3 is 0 Å². The molecule has 1 aromatic carbocycles. The lowest BCUT2D eigenvalue weighted by Gasteiger charge is -2.37. The van der Waals surface area contributed by atoms with Gasteiger partial charge in [0, 0.05) is 43.4 Å². The molecular formula is C16H24ClN3O. The molecular weight excluding hydrogens is 286 g/mol. The maximum Gasteiger partial charge on any atom is 0.227 e. The summed E-state index contributed by atoms with van der Waals surface area (Å²) >= 11 is 5.91. The molecule has 116 valence electrons. The number of halogens is 1. The first kappa shape index (κ1) is 16.1. The highest BCUT2D eigenvalue weighted by molar-refractivity contribution is 6.30. The number of anilines is 1. The van der Waals surface area contributed by atoms with Gasteiger partial charge in [0.2, 0.25) is 5.91 Å². The van der Waals surface area contributed by atoms with Crippen LogP contribution < -0.4 is 10.6 Å². The van der Waals surface area contributed by atoms with Crippen molar-refractivity contribution in [3.05, 3.63) is 29.3 Å². The Morgan fingerprint density at radius 2 is 1.86 bits per heavy atom. The maximum absolute atomic E-state index is 12.4. The van der Waals surface area contributed by atoms with Crippen molar-refractivity contribution >= 4 is 23.2 Å². The van der Waals surface area contributed by atoms with E-state index in [1.807, 2.05) is 29.2 Å². The molecule has 1 heterocycles. The maximum atomic E-state index is 12.4. The van der Waals surface area contributed by atoms with Crippen LogP contribution in [0.15, 0.2) is 24.3 Å². The number of benzene rings is 1. The third kappa shape index (κ3) is 4.11. The topological polar surface area (TPSA) is 49.6 Å². The molecule has 0 aromatic heterocycles. The summed E-state index contributed by atoms with van der Waals surface area (Å²) in [5, 5.41) is 0.748. The number of carbonyl (C=O) groups excluding carboxylic acids is 1.